The van der Waals surface area contributed by atoms with E-state index in [1.165, 1.54) is 19.3 Å². The van der Waals surface area contributed by atoms with Crippen molar-refractivity contribution in [2.24, 2.45) is 4.99 Å². The van der Waals surface area contributed by atoms with Gasteiger partial charge in [0.05, 0.1) is 12.3 Å². The first kappa shape index (κ1) is 24.7. The third-order valence-electron chi connectivity index (χ3n) is 4.86. The Hall–Kier alpha value is -1.29. The molecule has 0 spiro atoms. The Labute approximate surface area is 186 Å². The monoisotopic (exact) mass is 505 g/mol. The number of halogens is 1. The van der Waals surface area contributed by atoms with Crippen LogP contribution in [-0.4, -0.2) is 68.5 Å². The van der Waals surface area contributed by atoms with E-state index in [0.717, 1.165) is 38.2 Å². The van der Waals surface area contributed by atoms with Crippen molar-refractivity contribution in [1.82, 2.24) is 20.4 Å². The van der Waals surface area contributed by atoms with E-state index in [-0.39, 0.29) is 42.5 Å². The van der Waals surface area contributed by atoms with Crippen LogP contribution in [0.25, 0.3) is 0 Å². The molecular weight excluding hydrogens is 469 g/mol. The molecule has 2 heterocycles. The molecule has 1 aromatic rings. The van der Waals surface area contributed by atoms with Crippen LogP contribution in [-0.2, 0) is 4.79 Å². The Bertz CT molecular complexity index is 571. The molecule has 1 fully saturated rings. The number of guanidine groups is 1. The molecule has 1 saturated heterocycles. The van der Waals surface area contributed by atoms with Crippen LogP contribution in [0, 0.1) is 0 Å². The summed E-state index contributed by atoms with van der Waals surface area (Å²) < 4.78 is 5.71. The van der Waals surface area contributed by atoms with Crippen molar-refractivity contribution in [3.05, 3.63) is 24.2 Å². The molecule has 160 valence electrons. The van der Waals surface area contributed by atoms with E-state index < -0.39 is 0 Å². The molecule has 0 radical (unpaired) electrons. The predicted molar refractivity (Wildman–Crippen MR) is 124 cm³/mol. The number of piperidine rings is 1. The summed E-state index contributed by atoms with van der Waals surface area (Å²) in [5.41, 5.74) is 0. The highest BCUT2D eigenvalue weighted by Crippen LogP contribution is 2.24. The van der Waals surface area contributed by atoms with Crippen LogP contribution in [0.15, 0.2) is 27.8 Å². The van der Waals surface area contributed by atoms with Gasteiger partial charge in [0.15, 0.2) is 5.96 Å². The average Bonchev–Trinajstić information content (AvgIpc) is 3.20. The molecule has 7 nitrogen and oxygen atoms in total. The Morgan fingerprint density at radius 1 is 1.29 bits per heavy atom. The summed E-state index contributed by atoms with van der Waals surface area (Å²) in [6.07, 6.45) is 7.66. The van der Waals surface area contributed by atoms with Gasteiger partial charge in [-0.1, -0.05) is 19.8 Å². The van der Waals surface area contributed by atoms with E-state index >= 15 is 0 Å². The van der Waals surface area contributed by atoms with Crippen molar-refractivity contribution >= 4 is 35.8 Å². The number of hydrogen-bond donors (Lipinski definition) is 2. The Kier molecular flexibility index (Phi) is 12.2. The number of likely N-dealkylation sites (tertiary alicyclic amines) is 1. The van der Waals surface area contributed by atoms with Crippen molar-refractivity contribution in [2.75, 3.05) is 46.8 Å². The molecule has 0 aromatic carbocycles. The van der Waals surface area contributed by atoms with Crippen LogP contribution in [0.2, 0.25) is 0 Å². The first-order valence-corrected chi connectivity index (χ1v) is 10.1. The third kappa shape index (κ3) is 8.38. The first-order valence-electron chi connectivity index (χ1n) is 10.1. The quantitative estimate of drug-likeness (QED) is 0.234. The SMILES string of the molecule is CCCCNC(=NCC(=O)N(C)C)NCC(c1ccco1)N1CCCCC1.I. The van der Waals surface area contributed by atoms with Gasteiger partial charge in [0, 0.05) is 27.2 Å². The van der Waals surface area contributed by atoms with Gasteiger partial charge < -0.3 is 20.0 Å². The zero-order chi connectivity index (χ0) is 19.5. The fraction of sp³-hybridized carbons (Fsp3) is 0.700. The van der Waals surface area contributed by atoms with Crippen LogP contribution < -0.4 is 10.6 Å². The van der Waals surface area contributed by atoms with E-state index in [9.17, 15) is 4.79 Å². The molecule has 1 atom stereocenters. The number of rotatable bonds is 9. The van der Waals surface area contributed by atoms with Gasteiger partial charge in [-0.2, -0.15) is 0 Å². The van der Waals surface area contributed by atoms with Crippen molar-refractivity contribution in [3.63, 3.8) is 0 Å². The van der Waals surface area contributed by atoms with E-state index in [2.05, 4.69) is 27.4 Å². The Morgan fingerprint density at radius 3 is 2.64 bits per heavy atom. The molecule has 1 unspecified atom stereocenters. The van der Waals surface area contributed by atoms with Crippen LogP contribution in [0.5, 0.6) is 0 Å². The number of carbonyl (C=O) groups excluding carboxylic acids is 1. The lowest BCUT2D eigenvalue weighted by Gasteiger charge is -2.33. The molecule has 8 heteroatoms. The molecule has 2 N–H and O–H groups in total. The summed E-state index contributed by atoms with van der Waals surface area (Å²) >= 11 is 0. The van der Waals surface area contributed by atoms with Gasteiger partial charge >= 0.3 is 0 Å². The summed E-state index contributed by atoms with van der Waals surface area (Å²) in [6.45, 7) is 6.01. The van der Waals surface area contributed by atoms with Crippen LogP contribution >= 0.6 is 24.0 Å². The number of hydrogen-bond acceptors (Lipinski definition) is 4. The lowest BCUT2D eigenvalue weighted by Crippen LogP contribution is -2.45. The Balaban J connectivity index is 0.00000392. The minimum atomic E-state index is -0.00907. The third-order valence-corrected chi connectivity index (χ3v) is 4.86. The molecule has 0 bridgehead atoms. The zero-order valence-electron chi connectivity index (χ0n) is 17.4. The zero-order valence-corrected chi connectivity index (χ0v) is 19.8. The summed E-state index contributed by atoms with van der Waals surface area (Å²) in [6, 6.07) is 4.15. The molecule has 28 heavy (non-hydrogen) atoms. The van der Waals surface area contributed by atoms with E-state index in [4.69, 9.17) is 4.42 Å². The molecule has 1 aromatic heterocycles. The highest BCUT2D eigenvalue weighted by molar-refractivity contribution is 14.0. The number of nitrogens with one attached hydrogen (secondary N) is 2. The summed E-state index contributed by atoms with van der Waals surface area (Å²) in [5.74, 6) is 1.65. The van der Waals surface area contributed by atoms with Crippen molar-refractivity contribution in [3.8, 4) is 0 Å². The summed E-state index contributed by atoms with van der Waals surface area (Å²) in [5, 5.41) is 6.76. The average molecular weight is 505 g/mol. The number of furan rings is 1. The maximum absolute atomic E-state index is 11.9. The molecule has 1 amide bonds. The number of aliphatic imine (C=N–C) groups is 1. The second kappa shape index (κ2) is 13.8. The van der Waals surface area contributed by atoms with E-state index in [0.29, 0.717) is 12.5 Å². The number of carbonyl (C=O) groups is 1. The van der Waals surface area contributed by atoms with Gasteiger partial charge in [0.25, 0.3) is 0 Å². The lowest BCUT2D eigenvalue weighted by molar-refractivity contribution is -0.127. The summed E-state index contributed by atoms with van der Waals surface area (Å²) in [4.78, 5) is 20.4. The second-order valence-electron chi connectivity index (χ2n) is 7.24. The lowest BCUT2D eigenvalue weighted by atomic mass is 10.1. The van der Waals surface area contributed by atoms with E-state index in [1.807, 2.05) is 12.1 Å². The summed E-state index contributed by atoms with van der Waals surface area (Å²) in [7, 11) is 3.50. The maximum Gasteiger partial charge on any atom is 0.243 e. The second-order valence-corrected chi connectivity index (χ2v) is 7.24. The van der Waals surface area contributed by atoms with Crippen molar-refractivity contribution < 1.29 is 9.21 Å². The number of unbranched alkanes of at least 4 members (excludes halogenated alkanes) is 1. The number of nitrogens with zero attached hydrogens (tertiary/aromatic N) is 3. The fourth-order valence-electron chi connectivity index (χ4n) is 3.16. The highest BCUT2D eigenvalue weighted by atomic mass is 127. The molecule has 1 aliphatic rings. The molecule has 0 saturated carbocycles. The molecular formula is C20H36IN5O2. The van der Waals surface area contributed by atoms with Gasteiger partial charge in [-0.15, -0.1) is 24.0 Å². The van der Waals surface area contributed by atoms with Crippen molar-refractivity contribution in [1.29, 1.82) is 0 Å². The minimum Gasteiger partial charge on any atom is -0.468 e. The molecule has 2 rings (SSSR count). The van der Waals surface area contributed by atoms with Gasteiger partial charge in [-0.3, -0.25) is 9.69 Å². The van der Waals surface area contributed by atoms with Crippen LogP contribution in [0.3, 0.4) is 0 Å². The minimum absolute atomic E-state index is 0. The number of amides is 1. The predicted octanol–water partition coefficient (Wildman–Crippen LogP) is 2.85. The standard InChI is InChI=1S/C20H35N5O2.HI/c1-4-5-11-21-20(23-16-19(26)24(2)3)22-15-17(18-10-9-14-27-18)25-12-7-6-8-13-25;/h9-10,14,17H,4-8,11-13,15-16H2,1-3H3,(H2,21,22,23);1H. The van der Waals surface area contributed by atoms with Gasteiger partial charge in [-0.25, -0.2) is 4.99 Å². The molecule has 1 aliphatic heterocycles. The highest BCUT2D eigenvalue weighted by Gasteiger charge is 2.24. The van der Waals surface area contributed by atoms with Crippen molar-refractivity contribution in [2.45, 2.75) is 45.1 Å². The fourth-order valence-corrected chi connectivity index (χ4v) is 3.16. The van der Waals surface area contributed by atoms with Gasteiger partial charge in [0.1, 0.15) is 12.3 Å². The number of likely N-dealkylation sites (N-methyl/N-ethyl adjacent to an activating group) is 1. The van der Waals surface area contributed by atoms with E-state index in [1.54, 1.807) is 25.3 Å². The topological polar surface area (TPSA) is 73.1 Å². The van der Waals surface area contributed by atoms with Crippen LogP contribution in [0.4, 0.5) is 0 Å². The largest absolute Gasteiger partial charge is 0.468 e. The Morgan fingerprint density at radius 2 is 2.04 bits per heavy atom. The normalized spacial score (nSPS) is 16.2. The van der Waals surface area contributed by atoms with Gasteiger partial charge in [0.2, 0.25) is 5.91 Å². The first-order chi connectivity index (χ1) is 13.1. The van der Waals surface area contributed by atoms with Crippen LogP contribution in [0.1, 0.15) is 50.8 Å². The van der Waals surface area contributed by atoms with Gasteiger partial charge in [-0.05, 0) is 44.5 Å². The maximum atomic E-state index is 11.9. The smallest absolute Gasteiger partial charge is 0.243 e. The molecule has 0 aliphatic carbocycles.